The quantitative estimate of drug-likeness (QED) is 0.872. The molecule has 0 unspecified atom stereocenters. The molecule has 1 aliphatic heterocycles. The van der Waals surface area contributed by atoms with Crippen LogP contribution in [0.5, 0.6) is 0 Å². The summed E-state index contributed by atoms with van der Waals surface area (Å²) in [5.74, 6) is 0. The summed E-state index contributed by atoms with van der Waals surface area (Å²) in [6.07, 6.45) is 0. The van der Waals surface area contributed by atoms with Crippen LogP contribution in [0.25, 0.3) is 0 Å². The molecule has 5 heteroatoms. The van der Waals surface area contributed by atoms with Crippen molar-refractivity contribution in [1.82, 2.24) is 20.0 Å². The maximum Gasteiger partial charge on any atom is 0.131 e. The van der Waals surface area contributed by atoms with E-state index in [0.717, 1.165) is 42.6 Å². The highest BCUT2D eigenvalue weighted by Gasteiger charge is 2.26. The van der Waals surface area contributed by atoms with Crippen LogP contribution >= 0.6 is 11.6 Å². The molecule has 1 aromatic heterocycles. The lowest BCUT2D eigenvalue weighted by atomic mass is 10.0. The van der Waals surface area contributed by atoms with Gasteiger partial charge in [0.25, 0.3) is 0 Å². The van der Waals surface area contributed by atoms with Crippen molar-refractivity contribution in [3.63, 3.8) is 0 Å². The maximum atomic E-state index is 6.26. The normalized spacial score (nSPS) is 20.8. The zero-order valence-electron chi connectivity index (χ0n) is 11.0. The Morgan fingerprint density at radius 1 is 1.47 bits per heavy atom. The molecule has 0 spiro atoms. The van der Waals surface area contributed by atoms with Gasteiger partial charge < -0.3 is 5.32 Å². The Balaban J connectivity index is 2.10. The van der Waals surface area contributed by atoms with Crippen molar-refractivity contribution in [1.29, 1.82) is 0 Å². The molecule has 1 N–H and O–H groups in total. The first kappa shape index (κ1) is 12.9. The Bertz CT molecular complexity index is 411. The molecule has 1 saturated heterocycles. The van der Waals surface area contributed by atoms with Crippen LogP contribution in [0.15, 0.2) is 0 Å². The maximum absolute atomic E-state index is 6.26. The van der Waals surface area contributed by atoms with Gasteiger partial charge in [-0.3, -0.25) is 9.58 Å². The SMILES string of the molecule is Cc1nn(C)c(Cl)c1CN1CCNC(C)(C)C1. The summed E-state index contributed by atoms with van der Waals surface area (Å²) >= 11 is 6.26. The van der Waals surface area contributed by atoms with E-state index in [1.807, 2.05) is 14.0 Å². The second-order valence-electron chi connectivity index (χ2n) is 5.50. The number of piperazine rings is 1. The lowest BCUT2D eigenvalue weighted by Crippen LogP contribution is -2.56. The summed E-state index contributed by atoms with van der Waals surface area (Å²) < 4.78 is 1.75. The van der Waals surface area contributed by atoms with Gasteiger partial charge in [0.2, 0.25) is 0 Å². The first-order valence-electron chi connectivity index (χ1n) is 6.04. The highest BCUT2D eigenvalue weighted by molar-refractivity contribution is 6.30. The van der Waals surface area contributed by atoms with Gasteiger partial charge in [0.15, 0.2) is 0 Å². The lowest BCUT2D eigenvalue weighted by molar-refractivity contribution is 0.148. The number of hydrogen-bond donors (Lipinski definition) is 1. The molecular formula is C12H21ClN4. The van der Waals surface area contributed by atoms with Gasteiger partial charge in [-0.05, 0) is 20.8 Å². The van der Waals surface area contributed by atoms with Crippen molar-refractivity contribution in [3.8, 4) is 0 Å². The number of nitrogens with zero attached hydrogens (tertiary/aromatic N) is 3. The molecule has 0 bridgehead atoms. The van der Waals surface area contributed by atoms with Gasteiger partial charge in [-0.1, -0.05) is 11.6 Å². The van der Waals surface area contributed by atoms with Crippen LogP contribution in [0.1, 0.15) is 25.1 Å². The molecule has 2 rings (SSSR count). The molecule has 2 heterocycles. The van der Waals surface area contributed by atoms with Gasteiger partial charge in [-0.2, -0.15) is 5.10 Å². The molecule has 17 heavy (non-hydrogen) atoms. The first-order valence-corrected chi connectivity index (χ1v) is 6.42. The van der Waals surface area contributed by atoms with Crippen LogP contribution in [-0.2, 0) is 13.6 Å². The van der Waals surface area contributed by atoms with E-state index < -0.39 is 0 Å². The fourth-order valence-electron chi connectivity index (χ4n) is 2.46. The topological polar surface area (TPSA) is 33.1 Å². The summed E-state index contributed by atoms with van der Waals surface area (Å²) in [5.41, 5.74) is 2.38. The minimum Gasteiger partial charge on any atom is -0.309 e. The average Bonchev–Trinajstić information content (AvgIpc) is 2.44. The van der Waals surface area contributed by atoms with Crippen LogP contribution in [-0.4, -0.2) is 39.9 Å². The monoisotopic (exact) mass is 256 g/mol. The molecule has 0 atom stereocenters. The number of halogens is 1. The third-order valence-corrected chi connectivity index (χ3v) is 3.77. The highest BCUT2D eigenvalue weighted by atomic mass is 35.5. The van der Waals surface area contributed by atoms with E-state index in [1.54, 1.807) is 4.68 Å². The van der Waals surface area contributed by atoms with Crippen molar-refractivity contribution in [2.75, 3.05) is 19.6 Å². The van der Waals surface area contributed by atoms with Crippen LogP contribution in [0.3, 0.4) is 0 Å². The molecule has 0 amide bonds. The van der Waals surface area contributed by atoms with Gasteiger partial charge in [0, 0.05) is 44.3 Å². The number of hydrogen-bond acceptors (Lipinski definition) is 3. The molecule has 0 aromatic carbocycles. The largest absolute Gasteiger partial charge is 0.309 e. The molecular weight excluding hydrogens is 236 g/mol. The first-order chi connectivity index (χ1) is 7.89. The van der Waals surface area contributed by atoms with E-state index in [2.05, 4.69) is 29.2 Å². The standard InChI is InChI=1S/C12H21ClN4/c1-9-10(11(13)16(4)15-9)7-17-6-5-14-12(2,3)8-17/h14H,5-8H2,1-4H3. The highest BCUT2D eigenvalue weighted by Crippen LogP contribution is 2.22. The third-order valence-electron chi connectivity index (χ3n) is 3.30. The molecule has 0 radical (unpaired) electrons. The van der Waals surface area contributed by atoms with Gasteiger partial charge in [0.05, 0.1) is 5.69 Å². The smallest absolute Gasteiger partial charge is 0.131 e. The minimum atomic E-state index is 0.181. The fraction of sp³-hybridized carbons (Fsp3) is 0.750. The molecule has 96 valence electrons. The Hall–Kier alpha value is -0.580. The molecule has 1 aliphatic rings. The fourth-order valence-corrected chi connectivity index (χ4v) is 2.69. The summed E-state index contributed by atoms with van der Waals surface area (Å²) in [6, 6.07) is 0. The van der Waals surface area contributed by atoms with Gasteiger partial charge in [-0.15, -0.1) is 0 Å². The molecule has 1 aromatic rings. The second kappa shape index (κ2) is 4.59. The summed E-state index contributed by atoms with van der Waals surface area (Å²) in [5, 5.41) is 8.63. The second-order valence-corrected chi connectivity index (χ2v) is 5.86. The summed E-state index contributed by atoms with van der Waals surface area (Å²) in [4.78, 5) is 2.44. The molecule has 0 aliphatic carbocycles. The Morgan fingerprint density at radius 2 is 2.18 bits per heavy atom. The zero-order chi connectivity index (χ0) is 12.6. The van der Waals surface area contributed by atoms with Crippen molar-refractivity contribution < 1.29 is 0 Å². The number of aryl methyl sites for hydroxylation is 2. The van der Waals surface area contributed by atoms with Crippen LogP contribution in [0.4, 0.5) is 0 Å². The van der Waals surface area contributed by atoms with Crippen molar-refractivity contribution in [2.45, 2.75) is 32.9 Å². The van der Waals surface area contributed by atoms with E-state index in [1.165, 1.54) is 0 Å². The van der Waals surface area contributed by atoms with Crippen LogP contribution in [0.2, 0.25) is 5.15 Å². The summed E-state index contributed by atoms with van der Waals surface area (Å²) in [7, 11) is 1.89. The Kier molecular flexibility index (Phi) is 3.48. The Morgan fingerprint density at radius 3 is 2.71 bits per heavy atom. The van der Waals surface area contributed by atoms with E-state index in [4.69, 9.17) is 11.6 Å². The van der Waals surface area contributed by atoms with E-state index in [9.17, 15) is 0 Å². The Labute approximate surface area is 108 Å². The third kappa shape index (κ3) is 2.81. The predicted molar refractivity (Wildman–Crippen MR) is 70.3 cm³/mol. The van der Waals surface area contributed by atoms with E-state index in [0.29, 0.717) is 0 Å². The van der Waals surface area contributed by atoms with Crippen LogP contribution in [0, 0.1) is 6.92 Å². The molecule has 1 fully saturated rings. The summed E-state index contributed by atoms with van der Waals surface area (Å²) in [6.45, 7) is 10.5. The number of aromatic nitrogens is 2. The lowest BCUT2D eigenvalue weighted by Gasteiger charge is -2.39. The molecule has 0 saturated carbocycles. The average molecular weight is 257 g/mol. The van der Waals surface area contributed by atoms with E-state index in [-0.39, 0.29) is 5.54 Å². The zero-order valence-corrected chi connectivity index (χ0v) is 11.8. The van der Waals surface area contributed by atoms with E-state index >= 15 is 0 Å². The van der Waals surface area contributed by atoms with Crippen molar-refractivity contribution >= 4 is 11.6 Å². The number of nitrogens with one attached hydrogen (secondary N) is 1. The predicted octanol–water partition coefficient (Wildman–Crippen LogP) is 1.57. The van der Waals surface area contributed by atoms with Crippen LogP contribution < -0.4 is 5.32 Å². The molecule has 4 nitrogen and oxygen atoms in total. The van der Waals surface area contributed by atoms with Crippen molar-refractivity contribution in [3.05, 3.63) is 16.4 Å². The van der Waals surface area contributed by atoms with Crippen molar-refractivity contribution in [2.24, 2.45) is 7.05 Å². The number of rotatable bonds is 2. The van der Waals surface area contributed by atoms with Gasteiger partial charge in [-0.25, -0.2) is 0 Å². The van der Waals surface area contributed by atoms with Gasteiger partial charge in [0.1, 0.15) is 5.15 Å². The van der Waals surface area contributed by atoms with Gasteiger partial charge >= 0.3 is 0 Å². The minimum absolute atomic E-state index is 0.181.